The number of ketones is 1. The van der Waals surface area contributed by atoms with Gasteiger partial charge in [-0.25, -0.2) is 4.39 Å². The van der Waals surface area contributed by atoms with Crippen molar-refractivity contribution < 1.29 is 13.6 Å². The summed E-state index contributed by atoms with van der Waals surface area (Å²) in [6.45, 7) is 0. The first-order valence-electron chi connectivity index (χ1n) is 7.55. The number of rotatable bonds is 7. The maximum absolute atomic E-state index is 13.2. The van der Waals surface area contributed by atoms with Crippen molar-refractivity contribution in [3.05, 3.63) is 89.9 Å². The second-order valence-electron chi connectivity index (χ2n) is 5.29. The maximum atomic E-state index is 13.2. The van der Waals surface area contributed by atoms with Gasteiger partial charge in [-0.3, -0.25) is 9.78 Å². The van der Waals surface area contributed by atoms with Crippen LogP contribution in [0.1, 0.15) is 33.4 Å². The minimum absolute atomic E-state index is 0.0404. The van der Waals surface area contributed by atoms with Crippen molar-refractivity contribution in [1.82, 2.24) is 4.98 Å². The number of carbonyl (C=O) groups is 1. The monoisotopic (exact) mass is 341 g/mol. The van der Waals surface area contributed by atoms with Gasteiger partial charge in [0.15, 0.2) is 5.78 Å². The number of carbonyl (C=O) groups excluding carboxylic acids is 1. The van der Waals surface area contributed by atoms with E-state index < -0.39 is 0 Å². The van der Waals surface area contributed by atoms with E-state index in [-0.39, 0.29) is 16.9 Å². The average Bonchev–Trinajstić information content (AvgIpc) is 3.13. The second kappa shape index (κ2) is 7.93. The highest BCUT2D eigenvalue weighted by atomic mass is 32.2. The first kappa shape index (κ1) is 16.5. The summed E-state index contributed by atoms with van der Waals surface area (Å²) in [6, 6.07) is 13.5. The van der Waals surface area contributed by atoms with Gasteiger partial charge in [0.05, 0.1) is 12.0 Å². The van der Waals surface area contributed by atoms with Gasteiger partial charge in [-0.2, -0.15) is 0 Å². The molecule has 0 fully saturated rings. The highest BCUT2D eigenvalue weighted by Gasteiger charge is 2.18. The summed E-state index contributed by atoms with van der Waals surface area (Å²) in [6.07, 6.45) is 5.18. The van der Waals surface area contributed by atoms with E-state index >= 15 is 0 Å². The molecule has 0 N–H and O–H groups in total. The standard InChI is InChI=1S/C19H16FNO2S/c20-16-5-3-15(4-6-16)19(24-13-17-2-1-11-23-17)12-18(22)14-7-9-21-10-8-14/h1-11,19H,12-13H2/t19-/m1/s1. The Morgan fingerprint density at radius 1 is 1.12 bits per heavy atom. The predicted molar refractivity (Wildman–Crippen MR) is 92.3 cm³/mol. The number of hydrogen-bond donors (Lipinski definition) is 0. The van der Waals surface area contributed by atoms with E-state index in [4.69, 9.17) is 4.42 Å². The lowest BCUT2D eigenvalue weighted by Gasteiger charge is -2.16. The molecule has 24 heavy (non-hydrogen) atoms. The first-order valence-corrected chi connectivity index (χ1v) is 8.60. The Balaban J connectivity index is 1.75. The minimum atomic E-state index is -0.283. The molecule has 0 aliphatic carbocycles. The molecule has 0 amide bonds. The summed E-state index contributed by atoms with van der Waals surface area (Å²) in [5, 5.41) is -0.0728. The molecule has 5 heteroatoms. The van der Waals surface area contributed by atoms with Crippen LogP contribution in [-0.4, -0.2) is 10.8 Å². The SMILES string of the molecule is O=C(C[C@@H](SCc1ccco1)c1ccc(F)cc1)c1ccncc1. The smallest absolute Gasteiger partial charge is 0.164 e. The van der Waals surface area contributed by atoms with Gasteiger partial charge in [0.25, 0.3) is 0 Å². The zero-order valence-corrected chi connectivity index (χ0v) is 13.7. The molecular weight excluding hydrogens is 325 g/mol. The maximum Gasteiger partial charge on any atom is 0.164 e. The number of halogens is 1. The van der Waals surface area contributed by atoms with Gasteiger partial charge in [0, 0.05) is 29.6 Å². The van der Waals surface area contributed by atoms with Crippen molar-refractivity contribution >= 4 is 17.5 Å². The molecule has 0 saturated heterocycles. The molecule has 2 heterocycles. The van der Waals surface area contributed by atoms with E-state index in [9.17, 15) is 9.18 Å². The van der Waals surface area contributed by atoms with Gasteiger partial charge in [0.1, 0.15) is 11.6 Å². The van der Waals surface area contributed by atoms with E-state index in [2.05, 4.69) is 4.98 Å². The van der Waals surface area contributed by atoms with Crippen LogP contribution in [0.5, 0.6) is 0 Å². The Bertz CT molecular complexity index is 773. The number of aromatic nitrogens is 1. The van der Waals surface area contributed by atoms with Crippen molar-refractivity contribution in [2.24, 2.45) is 0 Å². The van der Waals surface area contributed by atoms with Crippen LogP contribution in [0.2, 0.25) is 0 Å². The summed E-state index contributed by atoms with van der Waals surface area (Å²) in [4.78, 5) is 16.5. The molecule has 0 saturated carbocycles. The quantitative estimate of drug-likeness (QED) is 0.563. The van der Waals surface area contributed by atoms with Crippen molar-refractivity contribution in [2.75, 3.05) is 0 Å². The molecule has 0 spiro atoms. The molecule has 0 unspecified atom stereocenters. The van der Waals surface area contributed by atoms with E-state index in [1.54, 1.807) is 54.7 Å². The molecule has 0 bridgehead atoms. The normalized spacial score (nSPS) is 12.0. The molecule has 0 radical (unpaired) electrons. The Hall–Kier alpha value is -2.40. The molecule has 0 aliphatic rings. The summed E-state index contributed by atoms with van der Waals surface area (Å²) in [5.74, 6) is 1.26. The third kappa shape index (κ3) is 4.32. The summed E-state index contributed by atoms with van der Waals surface area (Å²) in [7, 11) is 0. The highest BCUT2D eigenvalue weighted by Crippen LogP contribution is 2.35. The van der Waals surface area contributed by atoms with Crippen molar-refractivity contribution in [1.29, 1.82) is 0 Å². The zero-order chi connectivity index (χ0) is 16.8. The molecule has 3 rings (SSSR count). The number of benzene rings is 1. The number of Topliss-reactive ketones (excluding diaryl/α,β-unsaturated/α-hetero) is 1. The first-order chi connectivity index (χ1) is 11.7. The van der Waals surface area contributed by atoms with Crippen LogP contribution in [0.25, 0.3) is 0 Å². The van der Waals surface area contributed by atoms with Crippen LogP contribution in [0, 0.1) is 5.82 Å². The summed E-state index contributed by atoms with van der Waals surface area (Å²) < 4.78 is 18.5. The molecular formula is C19H16FNO2S. The fourth-order valence-electron chi connectivity index (χ4n) is 2.35. The molecule has 1 atom stereocenters. The van der Waals surface area contributed by atoms with Crippen molar-refractivity contribution in [2.45, 2.75) is 17.4 Å². The van der Waals surface area contributed by atoms with Gasteiger partial charge in [-0.05, 0) is 42.0 Å². The van der Waals surface area contributed by atoms with Gasteiger partial charge in [-0.15, -0.1) is 11.8 Å². The topological polar surface area (TPSA) is 43.1 Å². The molecule has 1 aromatic carbocycles. The van der Waals surface area contributed by atoms with Gasteiger partial charge >= 0.3 is 0 Å². The molecule has 3 aromatic rings. The molecule has 122 valence electrons. The largest absolute Gasteiger partial charge is 0.468 e. The number of pyridine rings is 1. The number of furan rings is 1. The van der Waals surface area contributed by atoms with Crippen LogP contribution < -0.4 is 0 Å². The number of nitrogens with zero attached hydrogens (tertiary/aromatic N) is 1. The Labute approximate surface area is 143 Å². The van der Waals surface area contributed by atoms with Gasteiger partial charge < -0.3 is 4.42 Å². The van der Waals surface area contributed by atoms with Crippen LogP contribution in [0.15, 0.2) is 71.6 Å². The lowest BCUT2D eigenvalue weighted by molar-refractivity contribution is 0.0982. The van der Waals surface area contributed by atoms with E-state index in [0.717, 1.165) is 11.3 Å². The molecule has 2 aromatic heterocycles. The predicted octanol–water partition coefficient (Wildman–Crippen LogP) is 5.06. The highest BCUT2D eigenvalue weighted by molar-refractivity contribution is 7.98. The third-order valence-electron chi connectivity index (χ3n) is 3.62. The number of thioether (sulfide) groups is 1. The second-order valence-corrected chi connectivity index (χ2v) is 6.48. The van der Waals surface area contributed by atoms with E-state index in [1.165, 1.54) is 12.1 Å². The Kier molecular flexibility index (Phi) is 5.43. The summed E-state index contributed by atoms with van der Waals surface area (Å²) in [5.41, 5.74) is 1.56. The van der Waals surface area contributed by atoms with E-state index in [0.29, 0.717) is 17.7 Å². The zero-order valence-electron chi connectivity index (χ0n) is 12.9. The van der Waals surface area contributed by atoms with Crippen LogP contribution in [-0.2, 0) is 5.75 Å². The van der Waals surface area contributed by atoms with Crippen LogP contribution >= 0.6 is 11.8 Å². The average molecular weight is 341 g/mol. The van der Waals surface area contributed by atoms with Crippen molar-refractivity contribution in [3.63, 3.8) is 0 Å². The fourth-order valence-corrected chi connectivity index (χ4v) is 3.50. The lowest BCUT2D eigenvalue weighted by Crippen LogP contribution is -2.06. The lowest BCUT2D eigenvalue weighted by atomic mass is 10.0. The minimum Gasteiger partial charge on any atom is -0.468 e. The Morgan fingerprint density at radius 3 is 2.54 bits per heavy atom. The van der Waals surface area contributed by atoms with Gasteiger partial charge in [-0.1, -0.05) is 12.1 Å². The Morgan fingerprint density at radius 2 is 1.88 bits per heavy atom. The summed E-state index contributed by atoms with van der Waals surface area (Å²) >= 11 is 1.61. The third-order valence-corrected chi connectivity index (χ3v) is 4.91. The fraction of sp³-hybridized carbons (Fsp3) is 0.158. The van der Waals surface area contributed by atoms with E-state index in [1.807, 2.05) is 12.1 Å². The van der Waals surface area contributed by atoms with Gasteiger partial charge in [0.2, 0.25) is 0 Å². The number of hydrogen-bond acceptors (Lipinski definition) is 4. The van der Waals surface area contributed by atoms with Crippen molar-refractivity contribution in [3.8, 4) is 0 Å². The molecule has 0 aliphatic heterocycles. The molecule has 3 nitrogen and oxygen atoms in total. The van der Waals surface area contributed by atoms with Crippen LogP contribution in [0.3, 0.4) is 0 Å². The van der Waals surface area contributed by atoms with Crippen LogP contribution in [0.4, 0.5) is 4.39 Å².